The Morgan fingerprint density at radius 1 is 0.303 bits per heavy atom. The van der Waals surface area contributed by atoms with Crippen molar-refractivity contribution >= 4 is 42.3 Å². The minimum Gasteiger partial charge on any atom is -0.208 e. The summed E-state index contributed by atoms with van der Waals surface area (Å²) in [4.78, 5) is 16.1. The van der Waals surface area contributed by atoms with Gasteiger partial charge in [-0.05, 0) is 72.5 Å². The number of rotatable bonds is 7. The molecule has 2 heterocycles. The van der Waals surface area contributed by atoms with Gasteiger partial charge in [0, 0.05) is 36.9 Å². The molecule has 308 valence electrons. The summed E-state index contributed by atoms with van der Waals surface area (Å²) < 4.78 is 2.59. The van der Waals surface area contributed by atoms with Crippen LogP contribution in [-0.4, -0.2) is 15.0 Å². The summed E-state index contributed by atoms with van der Waals surface area (Å²) in [5, 5.41) is 5.03. The number of hydrogen-bond acceptors (Lipinski definition) is 4. The minimum atomic E-state index is -0.608. The second kappa shape index (κ2) is 15.4. The van der Waals surface area contributed by atoms with Crippen LogP contribution in [0.5, 0.6) is 0 Å². The molecule has 0 saturated heterocycles. The molecule has 0 aliphatic heterocycles. The van der Waals surface area contributed by atoms with Crippen LogP contribution in [0.4, 0.5) is 0 Å². The van der Waals surface area contributed by atoms with Gasteiger partial charge in [0.1, 0.15) is 0 Å². The maximum absolute atomic E-state index is 5.42. The van der Waals surface area contributed by atoms with Crippen molar-refractivity contribution in [1.82, 2.24) is 15.0 Å². The molecule has 66 heavy (non-hydrogen) atoms. The normalized spacial score (nSPS) is 14.1. The first kappa shape index (κ1) is 38.2. The van der Waals surface area contributed by atoms with Gasteiger partial charge in [0.05, 0.1) is 5.41 Å². The van der Waals surface area contributed by atoms with Crippen LogP contribution >= 0.6 is 11.3 Å². The Bertz CT molecular complexity index is 3800. The maximum Gasteiger partial charge on any atom is 0.164 e. The first-order chi connectivity index (χ1) is 32.7. The molecule has 0 saturated carbocycles. The highest BCUT2D eigenvalue weighted by molar-refractivity contribution is 7.26. The van der Waals surface area contributed by atoms with E-state index >= 15 is 0 Å². The van der Waals surface area contributed by atoms with E-state index in [2.05, 4.69) is 231 Å². The summed E-state index contributed by atoms with van der Waals surface area (Å²) in [7, 11) is 0. The number of aromatic nitrogens is 3. The molecule has 0 radical (unpaired) electrons. The van der Waals surface area contributed by atoms with Gasteiger partial charge < -0.3 is 0 Å². The lowest BCUT2D eigenvalue weighted by Crippen LogP contribution is -2.28. The quantitative estimate of drug-likeness (QED) is 0.160. The number of thiophene rings is 1. The standard InChI is InChI=1S/C62H39N3S/c1-3-16-40(17-4-1)41-32-36-44(37-33-41)59-63-60(45-38-34-43(35-39-45)48-25-14-26-50-49-23-10-12-31-56(49)66-58(48)50)65-61(64-59)52-27-15-30-55-57(52)51-24-9-11-28-54(51)62(55,46-20-5-2-6-21-46)53-29-13-19-42-18-7-8-22-47(42)53/h1-39H. The van der Waals surface area contributed by atoms with Gasteiger partial charge in [-0.15, -0.1) is 11.3 Å². The zero-order valence-electron chi connectivity index (χ0n) is 35.8. The molecule has 4 heteroatoms. The summed E-state index contributed by atoms with van der Waals surface area (Å²) >= 11 is 1.85. The van der Waals surface area contributed by atoms with E-state index in [4.69, 9.17) is 15.0 Å². The Balaban J connectivity index is 1.02. The molecule has 10 aromatic carbocycles. The second-order valence-corrected chi connectivity index (χ2v) is 18.1. The Labute approximate surface area is 387 Å². The second-order valence-electron chi connectivity index (χ2n) is 17.0. The molecule has 2 aromatic heterocycles. The first-order valence-electron chi connectivity index (χ1n) is 22.4. The van der Waals surface area contributed by atoms with Gasteiger partial charge in [-0.2, -0.15) is 0 Å². The van der Waals surface area contributed by atoms with Gasteiger partial charge in [0.2, 0.25) is 0 Å². The van der Waals surface area contributed by atoms with Crippen LogP contribution in [0.15, 0.2) is 237 Å². The van der Waals surface area contributed by atoms with E-state index in [1.165, 1.54) is 69.9 Å². The summed E-state index contributed by atoms with van der Waals surface area (Å²) in [6.45, 7) is 0. The molecule has 0 spiro atoms. The molecule has 1 unspecified atom stereocenters. The third-order valence-electron chi connectivity index (χ3n) is 13.5. The third-order valence-corrected chi connectivity index (χ3v) is 14.7. The van der Waals surface area contributed by atoms with Crippen molar-refractivity contribution < 1.29 is 0 Å². The van der Waals surface area contributed by atoms with Gasteiger partial charge >= 0.3 is 0 Å². The molecule has 3 nitrogen and oxygen atoms in total. The van der Waals surface area contributed by atoms with E-state index in [1.807, 2.05) is 17.4 Å². The van der Waals surface area contributed by atoms with Gasteiger partial charge in [-0.25, -0.2) is 15.0 Å². The smallest absolute Gasteiger partial charge is 0.164 e. The average molecular weight is 858 g/mol. The lowest BCUT2D eigenvalue weighted by atomic mass is 9.66. The highest BCUT2D eigenvalue weighted by atomic mass is 32.1. The topological polar surface area (TPSA) is 38.7 Å². The highest BCUT2D eigenvalue weighted by Crippen LogP contribution is 2.59. The maximum atomic E-state index is 5.42. The fourth-order valence-corrected chi connectivity index (χ4v) is 11.7. The monoisotopic (exact) mass is 857 g/mol. The highest BCUT2D eigenvalue weighted by Gasteiger charge is 2.47. The number of hydrogen-bond donors (Lipinski definition) is 0. The van der Waals surface area contributed by atoms with E-state index in [9.17, 15) is 0 Å². The molecule has 0 amide bonds. The fourth-order valence-electron chi connectivity index (χ4n) is 10.5. The molecule has 1 aliphatic rings. The fraction of sp³-hybridized carbons (Fsp3) is 0.0161. The summed E-state index contributed by atoms with van der Waals surface area (Å²) in [5.41, 5.74) is 14.1. The van der Waals surface area contributed by atoms with Crippen molar-refractivity contribution in [1.29, 1.82) is 0 Å². The lowest BCUT2D eigenvalue weighted by Gasteiger charge is -2.35. The lowest BCUT2D eigenvalue weighted by molar-refractivity contribution is 0.776. The van der Waals surface area contributed by atoms with E-state index in [0.29, 0.717) is 17.5 Å². The molecule has 0 N–H and O–H groups in total. The van der Waals surface area contributed by atoms with Crippen LogP contribution in [-0.2, 0) is 5.41 Å². The molecular weight excluding hydrogens is 819 g/mol. The van der Waals surface area contributed by atoms with Crippen LogP contribution in [0, 0.1) is 0 Å². The first-order valence-corrected chi connectivity index (χ1v) is 23.2. The zero-order chi connectivity index (χ0) is 43.6. The number of fused-ring (bicyclic) bond motifs is 7. The third kappa shape index (κ3) is 5.99. The Morgan fingerprint density at radius 3 is 1.59 bits per heavy atom. The molecule has 1 aliphatic carbocycles. The van der Waals surface area contributed by atoms with E-state index in [0.717, 1.165) is 33.4 Å². The number of nitrogens with zero attached hydrogens (tertiary/aromatic N) is 3. The minimum absolute atomic E-state index is 0.608. The summed E-state index contributed by atoms with van der Waals surface area (Å²) in [6.07, 6.45) is 0. The zero-order valence-corrected chi connectivity index (χ0v) is 36.6. The van der Waals surface area contributed by atoms with Gasteiger partial charge in [0.15, 0.2) is 17.5 Å². The van der Waals surface area contributed by atoms with Crippen LogP contribution in [0.25, 0.3) is 98.5 Å². The summed E-state index contributed by atoms with van der Waals surface area (Å²) in [6, 6.07) is 85.2. The molecule has 0 fully saturated rings. The van der Waals surface area contributed by atoms with Crippen LogP contribution in [0.3, 0.4) is 0 Å². The number of benzene rings is 10. The van der Waals surface area contributed by atoms with E-state index < -0.39 is 5.41 Å². The molecule has 12 aromatic rings. The Morgan fingerprint density at radius 2 is 0.803 bits per heavy atom. The van der Waals surface area contributed by atoms with E-state index in [1.54, 1.807) is 0 Å². The van der Waals surface area contributed by atoms with Gasteiger partial charge in [-0.1, -0.05) is 231 Å². The molecule has 1 atom stereocenters. The molecular formula is C62H39N3S. The van der Waals surface area contributed by atoms with Crippen LogP contribution < -0.4 is 0 Å². The van der Waals surface area contributed by atoms with Crippen LogP contribution in [0.2, 0.25) is 0 Å². The van der Waals surface area contributed by atoms with Crippen molar-refractivity contribution in [2.75, 3.05) is 0 Å². The van der Waals surface area contributed by atoms with Crippen molar-refractivity contribution in [3.63, 3.8) is 0 Å². The average Bonchev–Trinajstić information content (AvgIpc) is 3.93. The van der Waals surface area contributed by atoms with E-state index in [-0.39, 0.29) is 0 Å². The van der Waals surface area contributed by atoms with Gasteiger partial charge in [-0.3, -0.25) is 0 Å². The van der Waals surface area contributed by atoms with Crippen molar-refractivity contribution in [3.8, 4) is 67.5 Å². The van der Waals surface area contributed by atoms with Crippen molar-refractivity contribution in [2.24, 2.45) is 0 Å². The van der Waals surface area contributed by atoms with Gasteiger partial charge in [0.25, 0.3) is 0 Å². The van der Waals surface area contributed by atoms with Crippen molar-refractivity contribution in [2.45, 2.75) is 5.41 Å². The van der Waals surface area contributed by atoms with Crippen LogP contribution in [0.1, 0.15) is 22.3 Å². The molecule has 13 rings (SSSR count). The molecule has 0 bridgehead atoms. The largest absolute Gasteiger partial charge is 0.208 e. The SMILES string of the molecule is c1ccc(-c2ccc(-c3nc(-c4ccc(-c5cccc6c5sc5ccccc56)cc4)nc(-c4cccc5c4-c4ccccc4C5(c4ccccc4)c4cccc5ccccc45)n3)cc2)cc1. The Kier molecular flexibility index (Phi) is 8.93. The summed E-state index contributed by atoms with van der Waals surface area (Å²) in [5.74, 6) is 1.89. The predicted molar refractivity (Wildman–Crippen MR) is 275 cm³/mol. The predicted octanol–water partition coefficient (Wildman–Crippen LogP) is 16.1. The van der Waals surface area contributed by atoms with Crippen molar-refractivity contribution in [3.05, 3.63) is 259 Å². The Hall–Kier alpha value is -8.31.